The third kappa shape index (κ3) is 5.68. The Balaban J connectivity index is 1.68. The highest BCUT2D eigenvalue weighted by atomic mass is 32.1. The van der Waals surface area contributed by atoms with Crippen LogP contribution in [-0.2, 0) is 23.9 Å². The molecule has 1 N–H and O–H groups in total. The third-order valence-electron chi connectivity index (χ3n) is 4.84. The Labute approximate surface area is 189 Å². The summed E-state index contributed by atoms with van der Waals surface area (Å²) in [4.78, 5) is 43.3. The molecule has 172 valence electrons. The van der Waals surface area contributed by atoms with Gasteiger partial charge in [0, 0.05) is 18.0 Å². The Hall–Kier alpha value is -2.85. The summed E-state index contributed by atoms with van der Waals surface area (Å²) in [6, 6.07) is 5.13. The summed E-state index contributed by atoms with van der Waals surface area (Å²) in [5, 5.41) is 4.94. The molecular formula is C22H26FN3O5S. The minimum atomic E-state index is -0.952. The largest absolute Gasteiger partial charge is 0.464 e. The molecule has 2 heterocycles. The van der Waals surface area contributed by atoms with Crippen LogP contribution in [0.3, 0.4) is 0 Å². The molecule has 1 aromatic heterocycles. The van der Waals surface area contributed by atoms with Gasteiger partial charge in [0.05, 0.1) is 12.3 Å². The number of ether oxygens (including phenoxy) is 2. The summed E-state index contributed by atoms with van der Waals surface area (Å²) >= 11 is 1.27. The van der Waals surface area contributed by atoms with Gasteiger partial charge in [-0.1, -0.05) is 13.8 Å². The lowest BCUT2D eigenvalue weighted by Gasteiger charge is -2.24. The molecule has 2 aromatic rings. The number of epoxide rings is 1. The van der Waals surface area contributed by atoms with Crippen molar-refractivity contribution in [2.24, 2.45) is 5.92 Å². The van der Waals surface area contributed by atoms with Crippen LogP contribution in [0.25, 0.3) is 11.3 Å². The lowest BCUT2D eigenvalue weighted by Crippen LogP contribution is -2.49. The topological polar surface area (TPSA) is 101 Å². The number of aromatic nitrogens is 1. The number of hydrogen-bond acceptors (Lipinski definition) is 7. The van der Waals surface area contributed by atoms with Gasteiger partial charge in [-0.2, -0.15) is 0 Å². The molecule has 0 spiro atoms. The summed E-state index contributed by atoms with van der Waals surface area (Å²) in [6.45, 7) is 5.75. The number of likely N-dealkylation sites (N-methyl/N-ethyl adjacent to an activating group) is 1. The van der Waals surface area contributed by atoms with Crippen LogP contribution in [-0.4, -0.2) is 54.7 Å². The van der Waals surface area contributed by atoms with E-state index in [0.29, 0.717) is 17.2 Å². The van der Waals surface area contributed by atoms with Crippen LogP contribution < -0.4 is 10.2 Å². The van der Waals surface area contributed by atoms with Crippen LogP contribution in [0.4, 0.5) is 9.52 Å². The molecule has 1 aliphatic rings. The lowest BCUT2D eigenvalue weighted by molar-refractivity contribution is -0.144. The maximum atomic E-state index is 13.2. The van der Waals surface area contributed by atoms with E-state index < -0.39 is 30.1 Å². The molecule has 1 aliphatic heterocycles. The molecular weight excluding hydrogens is 437 g/mol. The number of esters is 1. The highest BCUT2D eigenvalue weighted by Crippen LogP contribution is 2.28. The standard InChI is InChI=1S/C22H26FN3O5S/c1-5-30-21(29)18-17(31-18)19(27)24-15(10-12(2)3)20(28)26(4)22-25-16(11-32-22)13-6-8-14(23)9-7-13/h6-9,11-12,15,17-18H,5,10H2,1-4H3,(H,24,27)/t15-,17-,18-/m0/s1. The predicted molar refractivity (Wildman–Crippen MR) is 118 cm³/mol. The zero-order valence-electron chi connectivity index (χ0n) is 18.3. The Bertz CT molecular complexity index is 978. The summed E-state index contributed by atoms with van der Waals surface area (Å²) in [6.07, 6.45) is -1.48. The van der Waals surface area contributed by atoms with Crippen molar-refractivity contribution >= 4 is 34.3 Å². The second-order valence-corrected chi connectivity index (χ2v) is 8.68. The Morgan fingerprint density at radius 2 is 1.94 bits per heavy atom. The van der Waals surface area contributed by atoms with Gasteiger partial charge in [-0.25, -0.2) is 14.2 Å². The highest BCUT2D eigenvalue weighted by Gasteiger charge is 2.52. The maximum absolute atomic E-state index is 13.2. The number of benzene rings is 1. The predicted octanol–water partition coefficient (Wildman–Crippen LogP) is 2.77. The smallest absolute Gasteiger partial charge is 0.338 e. The van der Waals surface area contributed by atoms with E-state index >= 15 is 0 Å². The molecule has 0 bridgehead atoms. The molecule has 0 aliphatic carbocycles. The number of thiazole rings is 1. The Morgan fingerprint density at radius 3 is 2.56 bits per heavy atom. The molecule has 3 rings (SSSR count). The number of carbonyl (C=O) groups excluding carboxylic acids is 3. The van der Waals surface area contributed by atoms with Crippen molar-refractivity contribution < 1.29 is 28.2 Å². The van der Waals surface area contributed by atoms with E-state index in [9.17, 15) is 18.8 Å². The maximum Gasteiger partial charge on any atom is 0.338 e. The molecule has 0 saturated carbocycles. The summed E-state index contributed by atoms with van der Waals surface area (Å²) in [5.74, 6) is -1.66. The molecule has 0 unspecified atom stereocenters. The first-order chi connectivity index (χ1) is 15.2. The van der Waals surface area contributed by atoms with Gasteiger partial charge in [-0.3, -0.25) is 14.5 Å². The second kappa shape index (κ2) is 10.2. The van der Waals surface area contributed by atoms with E-state index in [4.69, 9.17) is 9.47 Å². The van der Waals surface area contributed by atoms with Crippen molar-refractivity contribution in [3.05, 3.63) is 35.5 Å². The van der Waals surface area contributed by atoms with Crippen LogP contribution in [0.5, 0.6) is 0 Å². The van der Waals surface area contributed by atoms with E-state index in [0.717, 1.165) is 5.56 Å². The number of anilines is 1. The van der Waals surface area contributed by atoms with Crippen LogP contribution in [0.1, 0.15) is 27.2 Å². The zero-order chi connectivity index (χ0) is 23.4. The van der Waals surface area contributed by atoms with Gasteiger partial charge in [0.15, 0.2) is 17.3 Å². The Kier molecular flexibility index (Phi) is 7.57. The molecule has 1 fully saturated rings. The average Bonchev–Trinajstić information content (AvgIpc) is 3.42. The van der Waals surface area contributed by atoms with Crippen molar-refractivity contribution in [2.45, 2.75) is 45.4 Å². The minimum absolute atomic E-state index is 0.129. The fourth-order valence-electron chi connectivity index (χ4n) is 3.16. The van der Waals surface area contributed by atoms with Gasteiger partial charge in [-0.05, 0) is 43.5 Å². The van der Waals surface area contributed by atoms with Gasteiger partial charge < -0.3 is 14.8 Å². The molecule has 1 aromatic carbocycles. The van der Waals surface area contributed by atoms with Crippen molar-refractivity contribution in [3.63, 3.8) is 0 Å². The highest BCUT2D eigenvalue weighted by molar-refractivity contribution is 7.14. The van der Waals surface area contributed by atoms with Crippen molar-refractivity contribution in [1.82, 2.24) is 10.3 Å². The number of amides is 2. The van der Waals surface area contributed by atoms with Gasteiger partial charge >= 0.3 is 5.97 Å². The van der Waals surface area contributed by atoms with Crippen LogP contribution in [0.2, 0.25) is 0 Å². The quantitative estimate of drug-likeness (QED) is 0.453. The van der Waals surface area contributed by atoms with Gasteiger partial charge in [0.25, 0.3) is 11.8 Å². The average molecular weight is 464 g/mol. The summed E-state index contributed by atoms with van der Waals surface area (Å²) in [7, 11) is 1.59. The summed E-state index contributed by atoms with van der Waals surface area (Å²) in [5.41, 5.74) is 1.36. The monoisotopic (exact) mass is 463 g/mol. The van der Waals surface area contributed by atoms with Gasteiger partial charge in [0.1, 0.15) is 11.9 Å². The molecule has 1 saturated heterocycles. The van der Waals surface area contributed by atoms with E-state index in [2.05, 4.69) is 10.3 Å². The molecule has 0 radical (unpaired) electrons. The number of nitrogens with one attached hydrogen (secondary N) is 1. The molecule has 8 nitrogen and oxygen atoms in total. The van der Waals surface area contributed by atoms with E-state index in [1.807, 2.05) is 13.8 Å². The number of nitrogens with zero attached hydrogens (tertiary/aromatic N) is 2. The first-order valence-corrected chi connectivity index (χ1v) is 11.2. The fraction of sp³-hybridized carbons (Fsp3) is 0.455. The van der Waals surface area contributed by atoms with E-state index in [1.54, 1.807) is 31.5 Å². The third-order valence-corrected chi connectivity index (χ3v) is 5.76. The first kappa shape index (κ1) is 23.8. The molecule has 3 atom stereocenters. The van der Waals surface area contributed by atoms with E-state index in [-0.39, 0.29) is 24.2 Å². The lowest BCUT2D eigenvalue weighted by atomic mass is 10.0. The zero-order valence-corrected chi connectivity index (χ0v) is 19.1. The van der Waals surface area contributed by atoms with Gasteiger partial charge in [0.2, 0.25) is 0 Å². The number of hydrogen-bond donors (Lipinski definition) is 1. The van der Waals surface area contributed by atoms with Crippen LogP contribution in [0, 0.1) is 11.7 Å². The summed E-state index contributed by atoms with van der Waals surface area (Å²) < 4.78 is 23.2. The number of rotatable bonds is 9. The van der Waals surface area contributed by atoms with Crippen molar-refractivity contribution in [3.8, 4) is 11.3 Å². The SMILES string of the molecule is CCOC(=O)[C@H]1O[C@@H]1C(=O)N[C@@H](CC(C)C)C(=O)N(C)c1nc(-c2ccc(F)cc2)cs1. The van der Waals surface area contributed by atoms with Crippen LogP contribution in [0.15, 0.2) is 29.6 Å². The Morgan fingerprint density at radius 1 is 1.25 bits per heavy atom. The van der Waals surface area contributed by atoms with Crippen LogP contribution >= 0.6 is 11.3 Å². The van der Waals surface area contributed by atoms with Gasteiger partial charge in [-0.15, -0.1) is 11.3 Å². The molecule has 10 heteroatoms. The first-order valence-electron chi connectivity index (χ1n) is 10.3. The van der Waals surface area contributed by atoms with Crippen molar-refractivity contribution in [1.29, 1.82) is 0 Å². The normalized spacial score (nSPS) is 18.2. The minimum Gasteiger partial charge on any atom is -0.464 e. The van der Waals surface area contributed by atoms with Crippen molar-refractivity contribution in [2.75, 3.05) is 18.6 Å². The molecule has 2 amide bonds. The van der Waals surface area contributed by atoms with E-state index in [1.165, 1.54) is 28.4 Å². The number of halogens is 1. The number of carbonyl (C=O) groups is 3. The fourth-order valence-corrected chi connectivity index (χ4v) is 3.97. The molecule has 32 heavy (non-hydrogen) atoms. The second-order valence-electron chi connectivity index (χ2n) is 7.84.